The molecule has 0 unspecified atom stereocenters. The number of rotatable bonds is 4. The lowest BCUT2D eigenvalue weighted by atomic mass is 10.2. The molecule has 0 aromatic heterocycles. The van der Waals surface area contributed by atoms with Crippen LogP contribution in [0.4, 0.5) is 5.69 Å². The fourth-order valence-corrected chi connectivity index (χ4v) is 2.35. The largest absolute Gasteiger partial charge is 0.497 e. The minimum atomic E-state index is -0.360. The van der Waals surface area contributed by atoms with E-state index in [0.29, 0.717) is 15.7 Å². The number of nitrogens with one attached hydrogen (secondary N) is 2. The van der Waals surface area contributed by atoms with Crippen LogP contribution >= 0.6 is 35.4 Å². The summed E-state index contributed by atoms with van der Waals surface area (Å²) in [7, 11) is 1.60. The maximum atomic E-state index is 11.9. The fourth-order valence-electron chi connectivity index (χ4n) is 1.79. The van der Waals surface area contributed by atoms with Crippen LogP contribution in [0.5, 0.6) is 5.75 Å². The maximum Gasteiger partial charge on any atom is 0.250 e. The molecule has 2 N–H and O–H groups in total. The molecule has 1 amide bonds. The lowest BCUT2D eigenvalue weighted by Crippen LogP contribution is -2.32. The first-order valence-electron chi connectivity index (χ1n) is 6.87. The van der Waals surface area contributed by atoms with Gasteiger partial charge in [0.25, 0.3) is 0 Å². The summed E-state index contributed by atoms with van der Waals surface area (Å²) in [5.74, 6) is 0.391. The summed E-state index contributed by atoms with van der Waals surface area (Å²) in [4.78, 5) is 11.9. The highest BCUT2D eigenvalue weighted by Gasteiger charge is 2.07. The highest BCUT2D eigenvalue weighted by Crippen LogP contribution is 2.29. The molecule has 0 aliphatic heterocycles. The Hall–Kier alpha value is -2.08. The van der Waals surface area contributed by atoms with Crippen LogP contribution in [0.3, 0.4) is 0 Å². The first-order valence-corrected chi connectivity index (χ1v) is 8.04. The Bertz CT molecular complexity index is 777. The van der Waals surface area contributed by atoms with Crippen LogP contribution in [0, 0.1) is 0 Å². The van der Waals surface area contributed by atoms with E-state index < -0.39 is 0 Å². The minimum absolute atomic E-state index is 0.128. The smallest absolute Gasteiger partial charge is 0.250 e. The van der Waals surface area contributed by atoms with Crippen molar-refractivity contribution >= 4 is 58.2 Å². The van der Waals surface area contributed by atoms with Crippen molar-refractivity contribution in [2.45, 2.75) is 0 Å². The molecule has 0 aliphatic rings. The Morgan fingerprint density at radius 1 is 1.17 bits per heavy atom. The van der Waals surface area contributed by atoms with Gasteiger partial charge in [0.15, 0.2) is 5.11 Å². The van der Waals surface area contributed by atoms with Crippen LogP contribution in [-0.2, 0) is 4.79 Å². The molecule has 0 saturated heterocycles. The minimum Gasteiger partial charge on any atom is -0.497 e. The zero-order valence-electron chi connectivity index (χ0n) is 12.7. The number of anilines is 1. The molecule has 7 heteroatoms. The highest BCUT2D eigenvalue weighted by atomic mass is 35.5. The lowest BCUT2D eigenvalue weighted by Gasteiger charge is -2.10. The van der Waals surface area contributed by atoms with Crippen LogP contribution in [0.1, 0.15) is 5.56 Å². The van der Waals surface area contributed by atoms with Crippen molar-refractivity contribution in [2.24, 2.45) is 0 Å². The van der Waals surface area contributed by atoms with Gasteiger partial charge in [-0.2, -0.15) is 0 Å². The van der Waals surface area contributed by atoms with Gasteiger partial charge in [-0.3, -0.25) is 10.1 Å². The van der Waals surface area contributed by atoms with Crippen molar-refractivity contribution in [3.63, 3.8) is 0 Å². The SMILES string of the molecule is COc1ccc(/C=C/C(=O)NC(=S)Nc2cccc(Cl)c2Cl)cc1. The summed E-state index contributed by atoms with van der Waals surface area (Å²) in [6, 6.07) is 12.4. The predicted octanol–water partition coefficient (Wildman–Crippen LogP) is 4.53. The Balaban J connectivity index is 1.92. The molecule has 2 aromatic rings. The molecule has 24 heavy (non-hydrogen) atoms. The monoisotopic (exact) mass is 380 g/mol. The normalized spacial score (nSPS) is 10.5. The molecule has 2 aromatic carbocycles. The molecular weight excluding hydrogens is 367 g/mol. The third-order valence-electron chi connectivity index (χ3n) is 2.98. The number of carbonyl (C=O) groups is 1. The van der Waals surface area contributed by atoms with E-state index >= 15 is 0 Å². The van der Waals surface area contributed by atoms with Crippen molar-refractivity contribution in [2.75, 3.05) is 12.4 Å². The zero-order chi connectivity index (χ0) is 17.5. The molecule has 0 aliphatic carbocycles. The number of thiocarbonyl (C=S) groups is 1. The van der Waals surface area contributed by atoms with Gasteiger partial charge in [0.1, 0.15) is 5.75 Å². The van der Waals surface area contributed by atoms with Gasteiger partial charge in [-0.1, -0.05) is 41.4 Å². The van der Waals surface area contributed by atoms with E-state index in [9.17, 15) is 4.79 Å². The summed E-state index contributed by atoms with van der Waals surface area (Å²) >= 11 is 17.1. The van der Waals surface area contributed by atoms with Crippen LogP contribution in [-0.4, -0.2) is 18.1 Å². The Labute approximate surface area is 155 Å². The van der Waals surface area contributed by atoms with Gasteiger partial charge in [0, 0.05) is 6.08 Å². The second kappa shape index (κ2) is 8.68. The van der Waals surface area contributed by atoms with Crippen molar-refractivity contribution in [3.05, 3.63) is 64.1 Å². The molecule has 0 heterocycles. The highest BCUT2D eigenvalue weighted by molar-refractivity contribution is 7.80. The summed E-state index contributed by atoms with van der Waals surface area (Å²) in [5.41, 5.74) is 1.39. The Morgan fingerprint density at radius 3 is 2.54 bits per heavy atom. The van der Waals surface area contributed by atoms with Crippen LogP contribution < -0.4 is 15.4 Å². The summed E-state index contributed by atoms with van der Waals surface area (Å²) in [6.45, 7) is 0. The Morgan fingerprint density at radius 2 is 1.88 bits per heavy atom. The third-order valence-corrected chi connectivity index (χ3v) is 4.00. The summed E-state index contributed by atoms with van der Waals surface area (Å²) < 4.78 is 5.07. The van der Waals surface area contributed by atoms with Gasteiger partial charge in [-0.05, 0) is 48.1 Å². The number of methoxy groups -OCH3 is 1. The molecule has 0 saturated carbocycles. The van der Waals surface area contributed by atoms with E-state index in [0.717, 1.165) is 11.3 Å². The molecule has 0 spiro atoms. The van der Waals surface area contributed by atoms with Gasteiger partial charge in [0.2, 0.25) is 5.91 Å². The Kier molecular flexibility index (Phi) is 6.61. The molecule has 0 radical (unpaired) electrons. The average Bonchev–Trinajstić information content (AvgIpc) is 2.57. The molecule has 0 bridgehead atoms. The second-order valence-corrected chi connectivity index (χ2v) is 5.84. The van der Waals surface area contributed by atoms with Crippen molar-refractivity contribution in [1.29, 1.82) is 0 Å². The van der Waals surface area contributed by atoms with E-state index in [2.05, 4.69) is 10.6 Å². The van der Waals surface area contributed by atoms with Gasteiger partial charge in [-0.25, -0.2) is 0 Å². The van der Waals surface area contributed by atoms with Crippen molar-refractivity contribution < 1.29 is 9.53 Å². The third kappa shape index (κ3) is 5.23. The van der Waals surface area contributed by atoms with Gasteiger partial charge >= 0.3 is 0 Å². The zero-order valence-corrected chi connectivity index (χ0v) is 15.0. The van der Waals surface area contributed by atoms with Crippen molar-refractivity contribution in [1.82, 2.24) is 5.32 Å². The van der Waals surface area contributed by atoms with Crippen molar-refractivity contribution in [3.8, 4) is 5.75 Å². The van der Waals surface area contributed by atoms with Gasteiger partial charge in [0.05, 0.1) is 22.8 Å². The first kappa shape index (κ1) is 18.3. The molecule has 124 valence electrons. The average molecular weight is 381 g/mol. The molecule has 0 atom stereocenters. The number of ether oxygens (including phenoxy) is 1. The standard InChI is InChI=1S/C17H14Cl2N2O2S/c1-23-12-8-5-11(6-9-12)7-10-15(22)21-17(24)20-14-4-2-3-13(18)16(14)19/h2-10H,1H3,(H2,20,21,22,24)/b10-7+. The van der Waals surface area contributed by atoms with Crippen LogP contribution in [0.25, 0.3) is 6.08 Å². The second-order valence-electron chi connectivity index (χ2n) is 4.65. The number of hydrogen-bond acceptors (Lipinski definition) is 3. The van der Waals surface area contributed by atoms with Gasteiger partial charge in [-0.15, -0.1) is 0 Å². The number of benzene rings is 2. The van der Waals surface area contributed by atoms with Gasteiger partial charge < -0.3 is 10.1 Å². The summed E-state index contributed by atoms with van der Waals surface area (Å²) in [6.07, 6.45) is 3.05. The topological polar surface area (TPSA) is 50.4 Å². The van der Waals surface area contributed by atoms with E-state index in [4.69, 9.17) is 40.2 Å². The number of amides is 1. The molecule has 2 rings (SSSR count). The summed E-state index contributed by atoms with van der Waals surface area (Å²) in [5, 5.41) is 6.23. The number of carbonyl (C=O) groups excluding carboxylic acids is 1. The molecule has 0 fully saturated rings. The van der Waals surface area contributed by atoms with Crippen LogP contribution in [0.2, 0.25) is 10.0 Å². The van der Waals surface area contributed by atoms with Crippen LogP contribution in [0.15, 0.2) is 48.5 Å². The molecule has 4 nitrogen and oxygen atoms in total. The maximum absolute atomic E-state index is 11.9. The predicted molar refractivity (Wildman–Crippen MR) is 103 cm³/mol. The van der Waals surface area contributed by atoms with E-state index in [1.54, 1.807) is 31.4 Å². The van der Waals surface area contributed by atoms with E-state index in [1.165, 1.54) is 6.08 Å². The van der Waals surface area contributed by atoms with E-state index in [1.807, 2.05) is 24.3 Å². The fraction of sp³-hybridized carbons (Fsp3) is 0.0588. The van der Waals surface area contributed by atoms with E-state index in [-0.39, 0.29) is 11.0 Å². The number of hydrogen-bond donors (Lipinski definition) is 2. The quantitative estimate of drug-likeness (QED) is 0.604. The lowest BCUT2D eigenvalue weighted by molar-refractivity contribution is -0.115. The number of halogens is 2. The molecular formula is C17H14Cl2N2O2S. The first-order chi connectivity index (χ1) is 11.5.